The molecule has 2 aromatic carbocycles. The van der Waals surface area contributed by atoms with Crippen LogP contribution in [0.3, 0.4) is 0 Å². The zero-order valence-corrected chi connectivity index (χ0v) is 20.8. The van der Waals surface area contributed by atoms with Crippen molar-refractivity contribution in [3.8, 4) is 0 Å². The summed E-state index contributed by atoms with van der Waals surface area (Å²) in [6.07, 6.45) is 3.65. The lowest BCUT2D eigenvalue weighted by atomic mass is 9.67. The molecule has 1 aliphatic carbocycles. The molecule has 182 valence electrons. The fraction of sp³-hybridized carbons (Fsp3) is 0.481. The quantitative estimate of drug-likeness (QED) is 0.434. The minimum Gasteiger partial charge on any atom is -0.481 e. The van der Waals surface area contributed by atoms with Gasteiger partial charge in [-0.15, -0.1) is 0 Å². The molecular formula is C27H31Cl2NO4. The predicted molar refractivity (Wildman–Crippen MR) is 133 cm³/mol. The highest BCUT2D eigenvalue weighted by atomic mass is 35.5. The minimum absolute atomic E-state index is 0.0357. The summed E-state index contributed by atoms with van der Waals surface area (Å²) in [4.78, 5) is 27.9. The lowest BCUT2D eigenvalue weighted by Gasteiger charge is -2.52. The molecule has 5 nitrogen and oxygen atoms in total. The Morgan fingerprint density at radius 2 is 1.82 bits per heavy atom. The Hall–Kier alpha value is -2.08. The number of aliphatic hydroxyl groups is 1. The van der Waals surface area contributed by atoms with Crippen LogP contribution in [0.4, 0.5) is 0 Å². The van der Waals surface area contributed by atoms with Crippen LogP contribution in [0.15, 0.2) is 48.5 Å². The Morgan fingerprint density at radius 3 is 2.41 bits per heavy atom. The fourth-order valence-electron chi connectivity index (χ4n) is 5.54. The van der Waals surface area contributed by atoms with Crippen molar-refractivity contribution < 1.29 is 19.8 Å². The molecule has 0 radical (unpaired) electrons. The minimum atomic E-state index is -1.07. The van der Waals surface area contributed by atoms with Crippen molar-refractivity contribution in [2.45, 2.75) is 63.5 Å². The third kappa shape index (κ3) is 5.42. The summed E-state index contributed by atoms with van der Waals surface area (Å²) in [6, 6.07) is 14.6. The first-order valence-corrected chi connectivity index (χ1v) is 12.6. The number of hydrogen-bond donors (Lipinski definition) is 2. The second kappa shape index (κ2) is 10.3. The van der Waals surface area contributed by atoms with Gasteiger partial charge < -0.3 is 15.1 Å². The molecule has 2 aliphatic rings. The number of hydrogen-bond acceptors (Lipinski definition) is 3. The van der Waals surface area contributed by atoms with Crippen molar-refractivity contribution >= 4 is 35.1 Å². The summed E-state index contributed by atoms with van der Waals surface area (Å²) in [7, 11) is 0. The molecule has 4 atom stereocenters. The Balaban J connectivity index is 1.88. The summed E-state index contributed by atoms with van der Waals surface area (Å²) in [5.74, 6) is -0.784. The summed E-state index contributed by atoms with van der Waals surface area (Å²) in [5, 5.41) is 20.8. The van der Waals surface area contributed by atoms with Crippen LogP contribution in [0.1, 0.15) is 68.5 Å². The number of carboxylic acids is 1. The predicted octanol–water partition coefficient (Wildman–Crippen LogP) is 6.08. The number of carboxylic acid groups (broad SMARTS) is 1. The Kier molecular flexibility index (Phi) is 7.56. The van der Waals surface area contributed by atoms with E-state index in [9.17, 15) is 19.8 Å². The van der Waals surface area contributed by atoms with Crippen molar-refractivity contribution in [1.82, 2.24) is 4.90 Å². The van der Waals surface area contributed by atoms with Gasteiger partial charge in [-0.3, -0.25) is 9.59 Å². The van der Waals surface area contributed by atoms with Gasteiger partial charge in [-0.1, -0.05) is 67.2 Å². The van der Waals surface area contributed by atoms with E-state index in [-0.39, 0.29) is 36.9 Å². The molecule has 0 bridgehead atoms. The first-order chi connectivity index (χ1) is 16.2. The van der Waals surface area contributed by atoms with Gasteiger partial charge in [0.25, 0.3) is 0 Å². The average Bonchev–Trinajstić information content (AvgIpc) is 3.59. The third-order valence-electron chi connectivity index (χ3n) is 7.29. The van der Waals surface area contributed by atoms with Crippen LogP contribution in [-0.2, 0) is 9.59 Å². The molecule has 0 aromatic heterocycles. The number of rotatable bonds is 9. The maximum atomic E-state index is 14.1. The van der Waals surface area contributed by atoms with Gasteiger partial charge in [0.1, 0.15) is 0 Å². The molecule has 2 N–H and O–H groups in total. The molecule has 1 heterocycles. The van der Waals surface area contributed by atoms with Gasteiger partial charge in [0.05, 0.1) is 17.9 Å². The molecule has 2 aromatic rings. The highest BCUT2D eigenvalue weighted by Crippen LogP contribution is 2.53. The van der Waals surface area contributed by atoms with Gasteiger partial charge in [0, 0.05) is 28.6 Å². The monoisotopic (exact) mass is 503 g/mol. The maximum absolute atomic E-state index is 14.1. The van der Waals surface area contributed by atoms with Gasteiger partial charge in [-0.2, -0.15) is 0 Å². The van der Waals surface area contributed by atoms with Crippen molar-refractivity contribution in [2.24, 2.45) is 11.3 Å². The summed E-state index contributed by atoms with van der Waals surface area (Å²) in [6.45, 7) is 1.73. The van der Waals surface area contributed by atoms with E-state index in [1.54, 1.807) is 6.92 Å². The average molecular weight is 504 g/mol. The van der Waals surface area contributed by atoms with E-state index >= 15 is 0 Å². The number of carbonyl (C=O) groups is 2. The number of aliphatic hydroxyl groups excluding tert-OH is 1. The molecule has 1 amide bonds. The topological polar surface area (TPSA) is 77.8 Å². The Bertz CT molecular complexity index is 1040. The van der Waals surface area contributed by atoms with Crippen LogP contribution >= 0.6 is 23.2 Å². The smallest absolute Gasteiger partial charge is 0.304 e. The van der Waals surface area contributed by atoms with E-state index < -0.39 is 11.4 Å². The van der Waals surface area contributed by atoms with Crippen molar-refractivity contribution in [3.05, 3.63) is 69.7 Å². The largest absolute Gasteiger partial charge is 0.481 e. The standard InChI is InChI=1S/C27H31Cl2NO4/c1-27(16-24(32)33)15-23(19-3-2-4-21(29)14-19)25(18-7-9-20(28)10-8-18)30(26(27)34)22(11-12-31)13-17-5-6-17/h2-4,7-10,14,17,22-23,25,31H,5-6,11-13,15-16H2,1H3,(H,32,33). The number of nitrogens with zero attached hydrogens (tertiary/aromatic N) is 1. The van der Waals surface area contributed by atoms with Crippen LogP contribution in [-0.4, -0.2) is 39.6 Å². The second-order valence-corrected chi connectivity index (χ2v) is 10.9. The number of amides is 1. The molecule has 1 saturated carbocycles. The van der Waals surface area contributed by atoms with Gasteiger partial charge >= 0.3 is 5.97 Å². The molecule has 0 spiro atoms. The zero-order chi connectivity index (χ0) is 24.5. The first kappa shape index (κ1) is 25.0. The Morgan fingerprint density at radius 1 is 1.12 bits per heavy atom. The molecular weight excluding hydrogens is 473 g/mol. The molecule has 4 rings (SSSR count). The number of likely N-dealkylation sites (tertiary alicyclic amines) is 1. The van der Waals surface area contributed by atoms with E-state index in [1.807, 2.05) is 53.4 Å². The number of aliphatic carboxylic acids is 1. The third-order valence-corrected chi connectivity index (χ3v) is 7.78. The highest BCUT2D eigenvalue weighted by Gasteiger charge is 2.52. The van der Waals surface area contributed by atoms with Crippen LogP contribution in [0.2, 0.25) is 10.0 Å². The van der Waals surface area contributed by atoms with Crippen molar-refractivity contribution in [1.29, 1.82) is 0 Å². The van der Waals surface area contributed by atoms with Crippen molar-refractivity contribution in [2.75, 3.05) is 6.61 Å². The van der Waals surface area contributed by atoms with Crippen LogP contribution in [0.5, 0.6) is 0 Å². The van der Waals surface area contributed by atoms with Gasteiger partial charge in [0.2, 0.25) is 5.91 Å². The fourth-order valence-corrected chi connectivity index (χ4v) is 5.86. The van der Waals surface area contributed by atoms with Crippen LogP contribution < -0.4 is 0 Å². The van der Waals surface area contributed by atoms with Crippen LogP contribution in [0.25, 0.3) is 0 Å². The highest BCUT2D eigenvalue weighted by molar-refractivity contribution is 6.30. The van der Waals surface area contributed by atoms with Crippen LogP contribution in [0, 0.1) is 11.3 Å². The van der Waals surface area contributed by atoms with E-state index in [0.29, 0.717) is 28.8 Å². The molecule has 1 saturated heterocycles. The number of halogens is 2. The summed E-state index contributed by atoms with van der Waals surface area (Å²) < 4.78 is 0. The van der Waals surface area contributed by atoms with Crippen molar-refractivity contribution in [3.63, 3.8) is 0 Å². The van der Waals surface area contributed by atoms with Gasteiger partial charge in [-0.05, 0) is 60.6 Å². The van der Waals surface area contributed by atoms with E-state index in [0.717, 1.165) is 30.4 Å². The second-order valence-electron chi connectivity index (χ2n) is 10.1. The summed E-state index contributed by atoms with van der Waals surface area (Å²) >= 11 is 12.5. The lowest BCUT2D eigenvalue weighted by Crippen LogP contribution is -2.56. The SMILES string of the molecule is CC1(CC(=O)O)CC(c2cccc(Cl)c2)C(c2ccc(Cl)cc2)N(C(CCO)CC2CC2)C1=O. The van der Waals surface area contributed by atoms with E-state index in [2.05, 4.69) is 0 Å². The zero-order valence-electron chi connectivity index (χ0n) is 19.3. The number of carbonyl (C=O) groups excluding carboxylic acids is 1. The Labute approximate surface area is 210 Å². The number of piperidine rings is 1. The summed E-state index contributed by atoms with van der Waals surface area (Å²) in [5.41, 5.74) is 0.841. The number of benzene rings is 2. The normalized spacial score (nSPS) is 25.9. The molecule has 1 aliphatic heterocycles. The van der Waals surface area contributed by atoms with E-state index in [4.69, 9.17) is 23.2 Å². The molecule has 2 fully saturated rings. The molecule has 7 heteroatoms. The van der Waals surface area contributed by atoms with Gasteiger partial charge in [-0.25, -0.2) is 0 Å². The molecule has 34 heavy (non-hydrogen) atoms. The van der Waals surface area contributed by atoms with E-state index in [1.165, 1.54) is 0 Å². The first-order valence-electron chi connectivity index (χ1n) is 11.9. The molecule has 4 unspecified atom stereocenters. The van der Waals surface area contributed by atoms with Gasteiger partial charge in [0.15, 0.2) is 0 Å². The lowest BCUT2D eigenvalue weighted by molar-refractivity contribution is -0.161. The maximum Gasteiger partial charge on any atom is 0.304 e.